The number of aliphatic hydroxyl groups is 2. The van der Waals surface area contributed by atoms with Gasteiger partial charge in [-0.3, -0.25) is 19.6 Å². The third-order valence-electron chi connectivity index (χ3n) is 9.31. The zero-order valence-electron chi connectivity index (χ0n) is 33.8. The second-order valence-corrected chi connectivity index (χ2v) is 15.9. The fourth-order valence-electron chi connectivity index (χ4n) is 6.63. The van der Waals surface area contributed by atoms with Gasteiger partial charge in [-0.1, -0.05) is 6.07 Å². The third kappa shape index (κ3) is 12.9. The average Bonchev–Trinajstić information content (AvgIpc) is 3.22. The number of aliphatic hydroxyl groups excluding tert-OH is 2. The van der Waals surface area contributed by atoms with Gasteiger partial charge in [0.2, 0.25) is 11.4 Å². The molecule has 5 rings (SSSR count). The van der Waals surface area contributed by atoms with E-state index in [1.807, 2.05) is 0 Å². The SMILES string of the molecule is CC(=O)N[C@H]1[C@H]([C@H](OC(=O)NCCOCCOCCNC(=S)Nc2ccc(-c3c4ccc(=O)cc-4oc4cc(O)ccc34)c(C(=O)O)c2)[C@H](O)CO)OC(P(=O)(O)O)=C[C@@H]1NC(=N)N. The quantitative estimate of drug-likeness (QED) is 0.0152. The van der Waals surface area contributed by atoms with Crippen LogP contribution in [0.2, 0.25) is 0 Å². The van der Waals surface area contributed by atoms with Gasteiger partial charge in [0, 0.05) is 54.3 Å². The highest BCUT2D eigenvalue weighted by atomic mass is 32.1. The van der Waals surface area contributed by atoms with Crippen molar-refractivity contribution in [3.05, 3.63) is 82.0 Å². The van der Waals surface area contributed by atoms with Crippen molar-refractivity contribution in [2.45, 2.75) is 37.3 Å². The van der Waals surface area contributed by atoms with Crippen LogP contribution >= 0.6 is 19.8 Å². The van der Waals surface area contributed by atoms with E-state index in [9.17, 15) is 54.0 Å². The van der Waals surface area contributed by atoms with E-state index >= 15 is 0 Å². The van der Waals surface area contributed by atoms with Gasteiger partial charge in [0.05, 0.1) is 50.7 Å². The number of aromatic hydroxyl groups is 1. The van der Waals surface area contributed by atoms with Crippen LogP contribution in [0, 0.1) is 5.41 Å². The number of thiocarbonyl (C=S) groups is 1. The minimum absolute atomic E-state index is 0.0318. The van der Waals surface area contributed by atoms with Crippen LogP contribution in [0.5, 0.6) is 5.75 Å². The molecule has 2 aliphatic heterocycles. The van der Waals surface area contributed by atoms with Crippen molar-refractivity contribution in [3.8, 4) is 28.2 Å². The standard InChI is InChI=1S/C39H46N7O16PS/c1-19(48)44-33-27(46-37(40)41)17-31(63(55,56)57)61-35(33)34(28(51)18-47)62-39(54)43-9-11-59-13-12-58-10-8-42-38(64)45-20-2-5-23(26(14-20)36(52)53)32-24-6-3-21(49)15-29(24)60-30-16-22(50)4-7-25(30)32/h2-7,14-17,27-28,33-35,47,49,51H,8-13,18H2,1H3,(H,43,54)(H,44,48)(H,52,53)(H4,40,41,46)(H2,42,45,64)(H2,55,56,57)/t27-,28+,33+,34+,35+/m0/s1. The normalized spacial score (nSPS) is 17.0. The highest BCUT2D eigenvalue weighted by Crippen LogP contribution is 2.49. The molecule has 0 saturated heterocycles. The van der Waals surface area contributed by atoms with E-state index in [0.29, 0.717) is 27.8 Å². The predicted octanol–water partition coefficient (Wildman–Crippen LogP) is 0.510. The summed E-state index contributed by atoms with van der Waals surface area (Å²) in [7, 11) is -5.11. The van der Waals surface area contributed by atoms with Gasteiger partial charge >= 0.3 is 19.7 Å². The zero-order chi connectivity index (χ0) is 46.7. The number of hydrogen-bond acceptors (Lipinski definition) is 15. The van der Waals surface area contributed by atoms with E-state index in [1.165, 1.54) is 30.3 Å². The number of nitrogens with two attached hydrogens (primary N) is 1. The van der Waals surface area contributed by atoms with Gasteiger partial charge in [0.25, 0.3) is 0 Å². The summed E-state index contributed by atoms with van der Waals surface area (Å²) in [5.41, 5.74) is 6.09. The number of alkyl carbamates (subject to hydrolysis) is 1. The van der Waals surface area contributed by atoms with Crippen LogP contribution in [0.3, 0.4) is 0 Å². The lowest BCUT2D eigenvalue weighted by Gasteiger charge is -2.41. The van der Waals surface area contributed by atoms with Crippen molar-refractivity contribution in [2.24, 2.45) is 5.73 Å². The summed E-state index contributed by atoms with van der Waals surface area (Å²) in [5.74, 6) is -2.38. The number of nitrogens with one attached hydrogen (secondary N) is 6. The maximum atomic E-state index is 12.7. The number of guanidine groups is 1. The van der Waals surface area contributed by atoms with Crippen LogP contribution in [0.15, 0.2) is 75.4 Å². The number of aromatic carboxylic acids is 1. The summed E-state index contributed by atoms with van der Waals surface area (Å²) >= 11 is 5.38. The van der Waals surface area contributed by atoms with E-state index in [-0.39, 0.29) is 72.7 Å². The fourth-order valence-corrected chi connectivity index (χ4v) is 7.46. The molecule has 0 spiro atoms. The molecule has 0 fully saturated rings. The maximum absolute atomic E-state index is 12.7. The lowest BCUT2D eigenvalue weighted by molar-refractivity contribution is -0.126. The summed E-state index contributed by atoms with van der Waals surface area (Å²) in [6.45, 7) is 0.668. The Labute approximate surface area is 368 Å². The molecular formula is C39H46N7O16PS. The van der Waals surface area contributed by atoms with E-state index in [2.05, 4.69) is 26.6 Å². The lowest BCUT2D eigenvalue weighted by atomic mass is 9.90. The minimum atomic E-state index is -5.11. The molecule has 2 amide bonds. The van der Waals surface area contributed by atoms with Gasteiger partial charge in [0.1, 0.15) is 23.2 Å². The van der Waals surface area contributed by atoms with Crippen molar-refractivity contribution in [1.82, 2.24) is 21.3 Å². The second-order valence-electron chi connectivity index (χ2n) is 14.0. The molecule has 3 aliphatic rings. The minimum Gasteiger partial charge on any atom is -0.508 e. The van der Waals surface area contributed by atoms with Crippen LogP contribution in [-0.2, 0) is 28.3 Å². The number of ether oxygens (including phenoxy) is 4. The van der Waals surface area contributed by atoms with Gasteiger partial charge < -0.3 is 85.9 Å². The number of carboxylic acid groups (broad SMARTS) is 1. The number of amides is 2. The fraction of sp³-hybridized carbons (Fsp3) is 0.333. The van der Waals surface area contributed by atoms with Crippen LogP contribution < -0.4 is 37.7 Å². The molecule has 0 saturated carbocycles. The van der Waals surface area contributed by atoms with Crippen molar-refractivity contribution in [3.63, 3.8) is 0 Å². The first kappa shape index (κ1) is 48.7. The number of phenols is 1. The largest absolute Gasteiger partial charge is 0.508 e. The molecule has 2 heterocycles. The van der Waals surface area contributed by atoms with Crippen LogP contribution in [0.1, 0.15) is 17.3 Å². The topological polar surface area (TPSA) is 367 Å². The Balaban J connectivity index is 1.06. The van der Waals surface area contributed by atoms with E-state index in [4.69, 9.17) is 46.7 Å². The molecule has 2 aromatic carbocycles. The number of carboxylic acids is 1. The van der Waals surface area contributed by atoms with Crippen LogP contribution in [-0.4, -0.2) is 136 Å². The van der Waals surface area contributed by atoms with Crippen molar-refractivity contribution in [2.75, 3.05) is 51.4 Å². The van der Waals surface area contributed by atoms with Crippen molar-refractivity contribution >= 4 is 65.5 Å². The summed E-state index contributed by atoms with van der Waals surface area (Å²) in [5, 5.41) is 61.9. The first-order valence-electron chi connectivity index (χ1n) is 19.2. The Morgan fingerprint density at radius 1 is 0.969 bits per heavy atom. The number of anilines is 1. The Morgan fingerprint density at radius 3 is 2.30 bits per heavy atom. The van der Waals surface area contributed by atoms with Gasteiger partial charge in [-0.15, -0.1) is 0 Å². The highest BCUT2D eigenvalue weighted by molar-refractivity contribution is 7.80. The summed E-state index contributed by atoms with van der Waals surface area (Å²) in [4.78, 5) is 69.0. The van der Waals surface area contributed by atoms with Gasteiger partial charge in [-0.2, -0.15) is 0 Å². The second kappa shape index (κ2) is 21.8. The molecule has 1 aliphatic carbocycles. The summed E-state index contributed by atoms with van der Waals surface area (Å²) in [6.07, 6.45) is -5.62. The molecule has 0 aromatic heterocycles. The molecule has 14 N–H and O–H groups in total. The highest BCUT2D eigenvalue weighted by Gasteiger charge is 2.48. The molecule has 0 radical (unpaired) electrons. The Kier molecular flexibility index (Phi) is 16.6. The molecule has 64 heavy (non-hydrogen) atoms. The first-order valence-corrected chi connectivity index (χ1v) is 21.2. The number of fused-ring (bicyclic) bond motifs is 2. The molecular weight excluding hydrogens is 886 g/mol. The smallest absolute Gasteiger partial charge is 0.407 e. The maximum Gasteiger partial charge on any atom is 0.407 e. The van der Waals surface area contributed by atoms with Crippen LogP contribution in [0.25, 0.3) is 33.4 Å². The van der Waals surface area contributed by atoms with Gasteiger partial charge in [-0.05, 0) is 60.3 Å². The monoisotopic (exact) mass is 931 g/mol. The predicted molar refractivity (Wildman–Crippen MR) is 232 cm³/mol. The first-order chi connectivity index (χ1) is 30.4. The van der Waals surface area contributed by atoms with Crippen molar-refractivity contribution < 1.29 is 72.5 Å². The Morgan fingerprint density at radius 2 is 1.66 bits per heavy atom. The molecule has 0 bridgehead atoms. The van der Waals surface area contributed by atoms with E-state index < -0.39 is 74.0 Å². The molecule has 5 atom stereocenters. The number of rotatable bonds is 19. The van der Waals surface area contributed by atoms with Crippen LogP contribution in [0.4, 0.5) is 10.5 Å². The zero-order valence-corrected chi connectivity index (χ0v) is 35.5. The number of carbonyl (C=O) groups excluding carboxylic acids is 2. The number of carbonyl (C=O) groups is 3. The van der Waals surface area contributed by atoms with E-state index in [0.717, 1.165) is 13.0 Å². The number of hydrogen-bond donors (Lipinski definition) is 13. The molecule has 2 aromatic rings. The Bertz CT molecular complexity index is 2480. The lowest BCUT2D eigenvalue weighted by Crippen LogP contribution is -2.64. The number of phenolic OH excluding ortho intramolecular Hbond substituents is 1. The van der Waals surface area contributed by atoms with Crippen molar-refractivity contribution in [1.29, 1.82) is 5.41 Å². The molecule has 25 heteroatoms. The third-order valence-corrected chi connectivity index (χ3v) is 10.4. The Hall–Kier alpha value is -6.37. The van der Waals surface area contributed by atoms with E-state index in [1.54, 1.807) is 24.3 Å². The van der Waals surface area contributed by atoms with Gasteiger partial charge in [0.15, 0.2) is 28.7 Å². The summed E-state index contributed by atoms with van der Waals surface area (Å²) < 4.78 is 39.7. The average molecular weight is 932 g/mol. The number of benzene rings is 3. The molecule has 0 unspecified atom stereocenters. The molecule has 344 valence electrons. The van der Waals surface area contributed by atoms with Gasteiger partial charge in [-0.25, -0.2) is 9.59 Å². The molecule has 23 nitrogen and oxygen atoms in total. The summed E-state index contributed by atoms with van der Waals surface area (Å²) in [6, 6.07) is 10.7.